The lowest BCUT2D eigenvalue weighted by molar-refractivity contribution is 0.0988. The number of hydrogen-bond donors (Lipinski definition) is 0. The number of unbranched alkanes of at least 4 members (excludes halogenated alkanes) is 1. The number of carbonyl (C=O) groups is 1. The Bertz CT molecular complexity index is 727. The first-order valence-electron chi connectivity index (χ1n) is 9.01. The summed E-state index contributed by atoms with van der Waals surface area (Å²) in [7, 11) is 0. The van der Waals surface area contributed by atoms with Crippen LogP contribution in [-0.4, -0.2) is 46.7 Å². The SMILES string of the molecule is CCCC=Nc1nc(N(CC)CC)ncc1N(CC)C(=O)c1nccs1. The average molecular weight is 375 g/mol. The maximum absolute atomic E-state index is 12.8. The number of carbonyl (C=O) groups excluding carboxylic acids is 1. The van der Waals surface area contributed by atoms with Crippen molar-refractivity contribution in [2.75, 3.05) is 29.4 Å². The van der Waals surface area contributed by atoms with Gasteiger partial charge in [-0.15, -0.1) is 11.3 Å². The molecule has 2 rings (SSSR count). The van der Waals surface area contributed by atoms with Crippen molar-refractivity contribution in [3.63, 3.8) is 0 Å². The van der Waals surface area contributed by atoms with Crippen molar-refractivity contribution in [3.05, 3.63) is 22.8 Å². The van der Waals surface area contributed by atoms with Crippen LogP contribution >= 0.6 is 11.3 Å². The van der Waals surface area contributed by atoms with Crippen molar-refractivity contribution in [1.29, 1.82) is 0 Å². The second-order valence-electron chi connectivity index (χ2n) is 5.54. The number of hydrogen-bond acceptors (Lipinski definition) is 7. The molecule has 2 aromatic rings. The van der Waals surface area contributed by atoms with Gasteiger partial charge in [0.15, 0.2) is 10.8 Å². The Balaban J connectivity index is 2.45. The fourth-order valence-corrected chi connectivity index (χ4v) is 3.03. The zero-order valence-electron chi connectivity index (χ0n) is 15.8. The molecule has 0 fully saturated rings. The maximum atomic E-state index is 12.8. The summed E-state index contributed by atoms with van der Waals surface area (Å²) in [6.45, 7) is 10.2. The monoisotopic (exact) mass is 374 g/mol. The van der Waals surface area contributed by atoms with E-state index in [2.05, 4.69) is 45.6 Å². The van der Waals surface area contributed by atoms with Gasteiger partial charge in [0.1, 0.15) is 5.69 Å². The summed E-state index contributed by atoms with van der Waals surface area (Å²) in [5.41, 5.74) is 0.607. The van der Waals surface area contributed by atoms with E-state index in [0.29, 0.717) is 29.0 Å². The second-order valence-corrected chi connectivity index (χ2v) is 6.43. The van der Waals surface area contributed by atoms with Gasteiger partial charge in [-0.3, -0.25) is 4.79 Å². The van der Waals surface area contributed by atoms with Crippen LogP contribution in [0.25, 0.3) is 0 Å². The van der Waals surface area contributed by atoms with Gasteiger partial charge < -0.3 is 9.80 Å². The minimum Gasteiger partial charge on any atom is -0.341 e. The van der Waals surface area contributed by atoms with Gasteiger partial charge in [0.25, 0.3) is 5.91 Å². The van der Waals surface area contributed by atoms with Crippen LogP contribution in [0.3, 0.4) is 0 Å². The summed E-state index contributed by atoms with van der Waals surface area (Å²) in [4.78, 5) is 34.2. The van der Waals surface area contributed by atoms with E-state index in [9.17, 15) is 4.79 Å². The van der Waals surface area contributed by atoms with E-state index < -0.39 is 0 Å². The lowest BCUT2D eigenvalue weighted by atomic mass is 10.3. The molecule has 7 nitrogen and oxygen atoms in total. The van der Waals surface area contributed by atoms with Crippen LogP contribution < -0.4 is 9.80 Å². The maximum Gasteiger partial charge on any atom is 0.287 e. The highest BCUT2D eigenvalue weighted by Gasteiger charge is 2.23. The van der Waals surface area contributed by atoms with Gasteiger partial charge >= 0.3 is 0 Å². The summed E-state index contributed by atoms with van der Waals surface area (Å²) in [6, 6.07) is 0. The fourth-order valence-electron chi connectivity index (χ4n) is 2.45. The number of nitrogens with zero attached hydrogens (tertiary/aromatic N) is 6. The highest BCUT2D eigenvalue weighted by Crippen LogP contribution is 2.29. The van der Waals surface area contributed by atoms with Gasteiger partial charge in [-0.25, -0.2) is 15.0 Å². The lowest BCUT2D eigenvalue weighted by Gasteiger charge is -2.23. The normalized spacial score (nSPS) is 11.1. The predicted octanol–water partition coefficient (Wildman–Crippen LogP) is 3.95. The lowest BCUT2D eigenvalue weighted by Crippen LogP contribution is -2.31. The molecule has 0 aliphatic rings. The van der Waals surface area contributed by atoms with Crippen molar-refractivity contribution >= 4 is 40.9 Å². The number of amides is 1. The molecule has 0 spiro atoms. The summed E-state index contributed by atoms with van der Waals surface area (Å²) in [5.74, 6) is 0.982. The van der Waals surface area contributed by atoms with E-state index in [4.69, 9.17) is 0 Å². The van der Waals surface area contributed by atoms with E-state index in [1.807, 2.05) is 13.1 Å². The minimum atomic E-state index is -0.159. The van der Waals surface area contributed by atoms with Gasteiger partial charge in [0.05, 0.1) is 6.20 Å². The van der Waals surface area contributed by atoms with Gasteiger partial charge in [-0.1, -0.05) is 13.3 Å². The van der Waals surface area contributed by atoms with Crippen molar-refractivity contribution < 1.29 is 4.79 Å². The van der Waals surface area contributed by atoms with Crippen molar-refractivity contribution in [2.45, 2.75) is 40.5 Å². The Hall–Kier alpha value is -2.35. The highest BCUT2D eigenvalue weighted by atomic mass is 32.1. The molecule has 140 valence electrons. The number of thiazole rings is 1. The molecule has 0 bridgehead atoms. The molecular weight excluding hydrogens is 348 g/mol. The largest absolute Gasteiger partial charge is 0.341 e. The number of rotatable bonds is 9. The second kappa shape index (κ2) is 9.96. The minimum absolute atomic E-state index is 0.159. The molecule has 0 aliphatic heterocycles. The standard InChI is InChI=1S/C18H26N6OS/c1-5-9-10-19-15-14(13-21-18(22-15)23(6-2)7-3)24(8-4)17(25)16-20-11-12-26-16/h10-13H,5-9H2,1-4H3. The predicted molar refractivity (Wildman–Crippen MR) is 108 cm³/mol. The molecule has 0 aliphatic carbocycles. The molecule has 0 aromatic carbocycles. The molecule has 0 saturated carbocycles. The van der Waals surface area contributed by atoms with Crippen LogP contribution in [-0.2, 0) is 0 Å². The van der Waals surface area contributed by atoms with Crippen molar-refractivity contribution in [1.82, 2.24) is 15.0 Å². The third-order valence-corrected chi connectivity index (χ3v) is 4.64. The van der Waals surface area contributed by atoms with Crippen LogP contribution in [0.2, 0.25) is 0 Å². The first kappa shape index (κ1) is 20.0. The smallest absolute Gasteiger partial charge is 0.287 e. The van der Waals surface area contributed by atoms with E-state index in [0.717, 1.165) is 25.9 Å². The summed E-state index contributed by atoms with van der Waals surface area (Å²) in [6.07, 6.45) is 7.03. The van der Waals surface area contributed by atoms with Crippen molar-refractivity contribution in [3.8, 4) is 0 Å². The molecule has 0 N–H and O–H groups in total. The van der Waals surface area contributed by atoms with Gasteiger partial charge in [0, 0.05) is 37.4 Å². The molecule has 26 heavy (non-hydrogen) atoms. The Morgan fingerprint density at radius 1 is 1.19 bits per heavy atom. The third-order valence-electron chi connectivity index (χ3n) is 3.88. The van der Waals surface area contributed by atoms with Crippen LogP contribution in [0.5, 0.6) is 0 Å². The molecule has 8 heteroatoms. The van der Waals surface area contributed by atoms with Gasteiger partial charge in [0.2, 0.25) is 5.95 Å². The Morgan fingerprint density at radius 3 is 2.54 bits per heavy atom. The number of aliphatic imine (C=N–C) groups is 1. The van der Waals surface area contributed by atoms with E-state index in [1.165, 1.54) is 11.3 Å². The zero-order valence-corrected chi connectivity index (χ0v) is 16.7. The van der Waals surface area contributed by atoms with Crippen LogP contribution in [0, 0.1) is 0 Å². The Labute approximate surface area is 158 Å². The highest BCUT2D eigenvalue weighted by molar-refractivity contribution is 7.11. The number of aromatic nitrogens is 3. The Morgan fingerprint density at radius 2 is 1.96 bits per heavy atom. The van der Waals surface area contributed by atoms with Gasteiger partial charge in [-0.05, 0) is 27.2 Å². The van der Waals surface area contributed by atoms with Gasteiger partial charge in [-0.2, -0.15) is 4.98 Å². The molecule has 0 radical (unpaired) electrons. The summed E-state index contributed by atoms with van der Waals surface area (Å²) >= 11 is 1.32. The first-order valence-corrected chi connectivity index (χ1v) is 9.89. The topological polar surface area (TPSA) is 74.6 Å². The van der Waals surface area contributed by atoms with E-state index in [-0.39, 0.29) is 5.91 Å². The average Bonchev–Trinajstić information content (AvgIpc) is 3.19. The molecule has 2 aromatic heterocycles. The summed E-state index contributed by atoms with van der Waals surface area (Å²) < 4.78 is 0. The Kier molecular flexibility index (Phi) is 7.65. The van der Waals surface area contributed by atoms with E-state index in [1.54, 1.807) is 22.7 Å². The summed E-state index contributed by atoms with van der Waals surface area (Å²) in [5, 5.41) is 2.24. The molecule has 0 unspecified atom stereocenters. The van der Waals surface area contributed by atoms with Crippen LogP contribution in [0.4, 0.5) is 17.5 Å². The molecule has 2 heterocycles. The van der Waals surface area contributed by atoms with Crippen LogP contribution in [0.15, 0.2) is 22.8 Å². The zero-order chi connectivity index (χ0) is 18.9. The quantitative estimate of drug-likeness (QED) is 0.621. The van der Waals surface area contributed by atoms with E-state index >= 15 is 0 Å². The molecule has 0 saturated heterocycles. The third kappa shape index (κ3) is 4.63. The first-order chi connectivity index (χ1) is 12.7. The van der Waals surface area contributed by atoms with Crippen molar-refractivity contribution in [2.24, 2.45) is 4.99 Å². The molecule has 0 atom stereocenters. The number of anilines is 2. The molecule has 1 amide bonds. The molecular formula is C18H26N6OS. The fraction of sp³-hybridized carbons (Fsp3) is 0.500. The van der Waals surface area contributed by atoms with Crippen LogP contribution in [0.1, 0.15) is 50.3 Å².